The Labute approximate surface area is 284 Å². The Balaban J connectivity index is 1.61. The van der Waals surface area contributed by atoms with E-state index in [2.05, 4.69) is 34.9 Å². The van der Waals surface area contributed by atoms with Crippen LogP contribution in [0.25, 0.3) is 22.3 Å². The second-order valence-electron chi connectivity index (χ2n) is 10.5. The van der Waals surface area contributed by atoms with E-state index in [0.717, 1.165) is 28.0 Å². The molecule has 11 heteroatoms. The lowest BCUT2D eigenvalue weighted by molar-refractivity contribution is 0.284. The van der Waals surface area contributed by atoms with Crippen molar-refractivity contribution < 1.29 is 14.2 Å². The van der Waals surface area contributed by atoms with Gasteiger partial charge in [0.2, 0.25) is 0 Å². The molecule has 0 atom stereocenters. The molecule has 1 heterocycles. The molecule has 0 aliphatic carbocycles. The Hall–Kier alpha value is -3.56. The van der Waals surface area contributed by atoms with Crippen LogP contribution in [0.2, 0.25) is 15.1 Å². The molecule has 0 saturated carbocycles. The van der Waals surface area contributed by atoms with E-state index >= 15 is 0 Å². The third-order valence-corrected chi connectivity index (χ3v) is 9.30. The highest BCUT2D eigenvalue weighted by Gasteiger charge is 2.20. The van der Waals surface area contributed by atoms with E-state index in [4.69, 9.17) is 54.0 Å². The molecule has 5 rings (SSSR count). The van der Waals surface area contributed by atoms with Crippen molar-refractivity contribution in [2.24, 2.45) is 5.10 Å². The molecule has 0 bridgehead atoms. The molecule has 0 unspecified atom stereocenters. The monoisotopic (exact) mass is 727 g/mol. The van der Waals surface area contributed by atoms with Gasteiger partial charge in [0.05, 0.1) is 31.3 Å². The minimum atomic E-state index is -0.317. The van der Waals surface area contributed by atoms with E-state index in [1.165, 1.54) is 18.0 Å². The Morgan fingerprint density at radius 3 is 2.42 bits per heavy atom. The van der Waals surface area contributed by atoms with E-state index in [1.807, 2.05) is 31.2 Å². The number of aryl methyl sites for hydroxylation is 1. The van der Waals surface area contributed by atoms with Gasteiger partial charge < -0.3 is 14.2 Å². The molecular formula is C34H29BrCl3N3O4. The SMILES string of the molecule is COc1cc(C)c(-c2nc3ccccc3c(=O)n2N=Cc2cc(OC)c(OCc3ccc(Cl)cc3Cl)c(Cl)c2Br)cc1C(C)C. The summed E-state index contributed by atoms with van der Waals surface area (Å²) >= 11 is 22.7. The topological polar surface area (TPSA) is 74.9 Å². The first kappa shape index (κ1) is 32.8. The van der Waals surface area contributed by atoms with Crippen molar-refractivity contribution in [3.8, 4) is 28.6 Å². The van der Waals surface area contributed by atoms with Gasteiger partial charge in [0, 0.05) is 31.2 Å². The van der Waals surface area contributed by atoms with Crippen LogP contribution in [0.3, 0.4) is 0 Å². The van der Waals surface area contributed by atoms with Crippen LogP contribution in [0.5, 0.6) is 17.2 Å². The first-order valence-corrected chi connectivity index (χ1v) is 15.8. The average Bonchev–Trinajstić information content (AvgIpc) is 3.02. The molecule has 1 aromatic heterocycles. The highest BCUT2D eigenvalue weighted by atomic mass is 79.9. The largest absolute Gasteiger partial charge is 0.496 e. The summed E-state index contributed by atoms with van der Waals surface area (Å²) in [6.45, 7) is 6.26. The molecular weight excluding hydrogens is 701 g/mol. The van der Waals surface area contributed by atoms with Crippen molar-refractivity contribution in [3.63, 3.8) is 0 Å². The molecule has 5 aromatic rings. The Bertz CT molecular complexity index is 2010. The van der Waals surface area contributed by atoms with Crippen molar-refractivity contribution in [1.82, 2.24) is 9.66 Å². The standard InChI is InChI=1S/C34H29BrCl3N3O4/c1-18(2)24-15-25(19(3)12-28(24)43-4)33-40-27-9-7-6-8-23(27)34(42)41(33)39-16-21-13-29(44-5)32(31(38)30(21)35)45-17-20-10-11-22(36)14-26(20)37/h6-16,18H,17H2,1-5H3. The first-order chi connectivity index (χ1) is 21.5. The van der Waals surface area contributed by atoms with Crippen molar-refractivity contribution in [2.45, 2.75) is 33.3 Å². The molecule has 0 radical (unpaired) electrons. The van der Waals surface area contributed by atoms with Crippen LogP contribution in [0, 0.1) is 6.92 Å². The zero-order valence-corrected chi connectivity index (χ0v) is 29.0. The molecule has 0 fully saturated rings. The predicted octanol–water partition coefficient (Wildman–Crippen LogP) is 9.70. The van der Waals surface area contributed by atoms with Gasteiger partial charge in [0.25, 0.3) is 5.56 Å². The van der Waals surface area contributed by atoms with E-state index in [0.29, 0.717) is 48.3 Å². The van der Waals surface area contributed by atoms with Crippen LogP contribution in [0.15, 0.2) is 75.0 Å². The summed E-state index contributed by atoms with van der Waals surface area (Å²) in [6, 6.07) is 18.0. The molecule has 45 heavy (non-hydrogen) atoms. The van der Waals surface area contributed by atoms with E-state index < -0.39 is 0 Å². The van der Waals surface area contributed by atoms with Crippen LogP contribution in [-0.4, -0.2) is 30.1 Å². The lowest BCUT2D eigenvalue weighted by Crippen LogP contribution is -2.21. The summed E-state index contributed by atoms with van der Waals surface area (Å²) < 4.78 is 19.1. The second-order valence-corrected chi connectivity index (χ2v) is 12.5. The highest BCUT2D eigenvalue weighted by molar-refractivity contribution is 9.10. The maximum atomic E-state index is 13.9. The molecule has 0 N–H and O–H groups in total. The van der Waals surface area contributed by atoms with Crippen molar-refractivity contribution in [1.29, 1.82) is 0 Å². The number of rotatable bonds is 9. The zero-order chi connectivity index (χ0) is 32.4. The van der Waals surface area contributed by atoms with Crippen LogP contribution >= 0.6 is 50.7 Å². The van der Waals surface area contributed by atoms with Crippen molar-refractivity contribution >= 4 is 67.9 Å². The van der Waals surface area contributed by atoms with Gasteiger partial charge in [-0.2, -0.15) is 9.78 Å². The number of methoxy groups -OCH3 is 2. The van der Waals surface area contributed by atoms with Crippen molar-refractivity contribution in [3.05, 3.63) is 113 Å². The fraction of sp³-hybridized carbons (Fsp3) is 0.206. The van der Waals surface area contributed by atoms with E-state index in [1.54, 1.807) is 43.5 Å². The van der Waals surface area contributed by atoms with E-state index in [-0.39, 0.29) is 23.1 Å². The molecule has 0 amide bonds. The minimum Gasteiger partial charge on any atom is -0.496 e. The number of aromatic nitrogens is 2. The molecule has 0 saturated heterocycles. The van der Waals surface area contributed by atoms with Gasteiger partial charge in [0.1, 0.15) is 17.4 Å². The Kier molecular flexibility index (Phi) is 10.1. The number of fused-ring (bicyclic) bond motifs is 1. The molecule has 4 aromatic carbocycles. The van der Waals surface area contributed by atoms with Crippen LogP contribution in [-0.2, 0) is 6.61 Å². The summed E-state index contributed by atoms with van der Waals surface area (Å²) in [5.74, 6) is 2.02. The van der Waals surface area contributed by atoms with Crippen LogP contribution in [0.1, 0.15) is 42.0 Å². The molecule has 232 valence electrons. The number of para-hydroxylation sites is 1. The smallest absolute Gasteiger partial charge is 0.282 e. The number of halogens is 4. The molecule has 0 aliphatic heterocycles. The molecule has 0 aliphatic rings. The van der Waals surface area contributed by atoms with Gasteiger partial charge in [-0.15, -0.1) is 0 Å². The van der Waals surface area contributed by atoms with Gasteiger partial charge >= 0.3 is 0 Å². The first-order valence-electron chi connectivity index (χ1n) is 13.9. The number of hydrogen-bond donors (Lipinski definition) is 0. The fourth-order valence-electron chi connectivity index (χ4n) is 4.87. The average molecular weight is 730 g/mol. The maximum Gasteiger partial charge on any atom is 0.282 e. The fourth-order valence-corrected chi connectivity index (χ4v) is 5.98. The quantitative estimate of drug-likeness (QED) is 0.141. The highest BCUT2D eigenvalue weighted by Crippen LogP contribution is 2.43. The van der Waals surface area contributed by atoms with Gasteiger partial charge in [-0.25, -0.2) is 4.98 Å². The second kappa shape index (κ2) is 13.8. The normalized spacial score (nSPS) is 11.5. The number of hydrogen-bond acceptors (Lipinski definition) is 6. The van der Waals surface area contributed by atoms with Gasteiger partial charge in [-0.05, 0) is 82.4 Å². The summed E-state index contributed by atoms with van der Waals surface area (Å²) in [4.78, 5) is 18.8. The van der Waals surface area contributed by atoms with E-state index in [9.17, 15) is 4.79 Å². The van der Waals surface area contributed by atoms with Crippen LogP contribution < -0.4 is 19.8 Å². The minimum absolute atomic E-state index is 0.132. The number of ether oxygens (including phenoxy) is 3. The number of nitrogens with zero attached hydrogens (tertiary/aromatic N) is 3. The Morgan fingerprint density at radius 2 is 1.73 bits per heavy atom. The third kappa shape index (κ3) is 6.70. The summed E-state index contributed by atoms with van der Waals surface area (Å²) in [5.41, 5.74) is 4.17. The number of benzene rings is 4. The summed E-state index contributed by atoms with van der Waals surface area (Å²) in [5, 5.41) is 6.35. The van der Waals surface area contributed by atoms with Crippen LogP contribution in [0.4, 0.5) is 0 Å². The maximum absolute atomic E-state index is 13.9. The summed E-state index contributed by atoms with van der Waals surface area (Å²) in [7, 11) is 3.16. The van der Waals surface area contributed by atoms with Gasteiger partial charge in [0.15, 0.2) is 17.3 Å². The van der Waals surface area contributed by atoms with Gasteiger partial charge in [-0.3, -0.25) is 4.79 Å². The zero-order valence-electron chi connectivity index (χ0n) is 25.1. The van der Waals surface area contributed by atoms with Gasteiger partial charge in [-0.1, -0.05) is 66.8 Å². The molecule has 7 nitrogen and oxygen atoms in total. The summed E-state index contributed by atoms with van der Waals surface area (Å²) in [6.07, 6.45) is 1.53. The van der Waals surface area contributed by atoms with Crippen molar-refractivity contribution in [2.75, 3.05) is 14.2 Å². The predicted molar refractivity (Wildman–Crippen MR) is 186 cm³/mol. The lowest BCUT2D eigenvalue weighted by atomic mass is 9.96. The Morgan fingerprint density at radius 1 is 1.00 bits per heavy atom. The molecule has 0 spiro atoms. The third-order valence-electron chi connectivity index (χ3n) is 7.27. The lowest BCUT2D eigenvalue weighted by Gasteiger charge is -2.18.